The van der Waals surface area contributed by atoms with Crippen molar-refractivity contribution in [1.29, 1.82) is 0 Å². The summed E-state index contributed by atoms with van der Waals surface area (Å²) >= 11 is 0. The van der Waals surface area contributed by atoms with Gasteiger partial charge in [0.05, 0.1) is 30.8 Å². The molecule has 170 valence electrons. The molecule has 2 heterocycles. The SMILES string of the molecule is CCNC(=NCc1ccccc1NS(C)(=O)=O)NCC(c1ccco1)N1CCCCC1. The highest BCUT2D eigenvalue weighted by atomic mass is 32.2. The largest absolute Gasteiger partial charge is 0.468 e. The molecule has 1 saturated heterocycles. The predicted octanol–water partition coefficient (Wildman–Crippen LogP) is 2.93. The van der Waals surface area contributed by atoms with Crippen LogP contribution in [0.4, 0.5) is 5.69 Å². The van der Waals surface area contributed by atoms with E-state index in [1.807, 2.05) is 31.2 Å². The van der Waals surface area contributed by atoms with E-state index in [0.717, 1.165) is 37.2 Å². The van der Waals surface area contributed by atoms with Gasteiger partial charge >= 0.3 is 0 Å². The number of furan rings is 1. The van der Waals surface area contributed by atoms with Crippen LogP contribution < -0.4 is 15.4 Å². The van der Waals surface area contributed by atoms with Crippen LogP contribution in [0, 0.1) is 0 Å². The fourth-order valence-corrected chi connectivity index (χ4v) is 4.38. The summed E-state index contributed by atoms with van der Waals surface area (Å²) in [7, 11) is -3.35. The van der Waals surface area contributed by atoms with Crippen molar-refractivity contribution < 1.29 is 12.8 Å². The lowest BCUT2D eigenvalue weighted by molar-refractivity contribution is 0.146. The smallest absolute Gasteiger partial charge is 0.229 e. The summed E-state index contributed by atoms with van der Waals surface area (Å²) in [5.74, 6) is 1.64. The van der Waals surface area contributed by atoms with Crippen molar-refractivity contribution in [2.24, 2.45) is 4.99 Å². The molecule has 0 aliphatic carbocycles. The Hall–Kier alpha value is -2.52. The van der Waals surface area contributed by atoms with Gasteiger partial charge in [-0.2, -0.15) is 0 Å². The number of nitrogens with one attached hydrogen (secondary N) is 3. The van der Waals surface area contributed by atoms with E-state index < -0.39 is 10.0 Å². The van der Waals surface area contributed by atoms with Crippen LogP contribution in [-0.2, 0) is 16.6 Å². The van der Waals surface area contributed by atoms with Crippen LogP contribution in [-0.4, -0.2) is 51.7 Å². The quantitative estimate of drug-likeness (QED) is 0.404. The summed E-state index contributed by atoms with van der Waals surface area (Å²) in [4.78, 5) is 7.15. The minimum Gasteiger partial charge on any atom is -0.468 e. The Kier molecular flexibility index (Phi) is 8.36. The fourth-order valence-electron chi connectivity index (χ4n) is 3.78. The number of rotatable bonds is 9. The molecule has 1 atom stereocenters. The average Bonchev–Trinajstić information content (AvgIpc) is 3.27. The average molecular weight is 448 g/mol. The summed E-state index contributed by atoms with van der Waals surface area (Å²) in [6.07, 6.45) is 6.55. The van der Waals surface area contributed by atoms with Crippen molar-refractivity contribution >= 4 is 21.7 Å². The number of para-hydroxylation sites is 1. The summed E-state index contributed by atoms with van der Waals surface area (Å²) < 4.78 is 31.6. The van der Waals surface area contributed by atoms with Gasteiger partial charge < -0.3 is 15.1 Å². The summed E-state index contributed by atoms with van der Waals surface area (Å²) in [5, 5.41) is 6.72. The Balaban J connectivity index is 1.71. The summed E-state index contributed by atoms with van der Waals surface area (Å²) in [6, 6.07) is 11.4. The fraction of sp³-hybridized carbons (Fsp3) is 0.500. The predicted molar refractivity (Wildman–Crippen MR) is 125 cm³/mol. The number of anilines is 1. The molecule has 8 nitrogen and oxygen atoms in total. The number of hydrogen-bond donors (Lipinski definition) is 3. The van der Waals surface area contributed by atoms with E-state index in [1.165, 1.54) is 19.3 Å². The van der Waals surface area contributed by atoms with Gasteiger partial charge in [0.25, 0.3) is 0 Å². The lowest BCUT2D eigenvalue weighted by Crippen LogP contribution is -2.44. The highest BCUT2D eigenvalue weighted by molar-refractivity contribution is 7.92. The van der Waals surface area contributed by atoms with Crippen LogP contribution in [0.1, 0.15) is 43.6 Å². The number of guanidine groups is 1. The first-order valence-electron chi connectivity index (χ1n) is 10.8. The van der Waals surface area contributed by atoms with Crippen LogP contribution in [0.5, 0.6) is 0 Å². The van der Waals surface area contributed by atoms with E-state index in [4.69, 9.17) is 4.42 Å². The van der Waals surface area contributed by atoms with Gasteiger partial charge in [0, 0.05) is 13.1 Å². The lowest BCUT2D eigenvalue weighted by atomic mass is 10.1. The van der Waals surface area contributed by atoms with Crippen molar-refractivity contribution in [3.63, 3.8) is 0 Å². The molecule has 1 aliphatic rings. The molecule has 0 amide bonds. The number of hydrogen-bond acceptors (Lipinski definition) is 5. The number of sulfonamides is 1. The highest BCUT2D eigenvalue weighted by Gasteiger charge is 2.24. The van der Waals surface area contributed by atoms with Crippen LogP contribution in [0.3, 0.4) is 0 Å². The molecule has 2 aromatic rings. The second-order valence-electron chi connectivity index (χ2n) is 7.74. The van der Waals surface area contributed by atoms with Gasteiger partial charge in [0.1, 0.15) is 5.76 Å². The maximum atomic E-state index is 11.6. The standard InChI is InChI=1S/C22H33N5O3S/c1-3-23-22(24-16-18-10-5-6-11-19(18)26-31(2,28)29)25-17-20(21-12-9-15-30-21)27-13-7-4-8-14-27/h5-6,9-12,15,20,26H,3-4,7-8,13-14,16-17H2,1-2H3,(H2,23,24,25). The van der Waals surface area contributed by atoms with E-state index in [0.29, 0.717) is 24.7 Å². The molecule has 1 fully saturated rings. The normalized spacial score (nSPS) is 16.6. The zero-order chi connectivity index (χ0) is 22.1. The third-order valence-electron chi connectivity index (χ3n) is 5.23. The van der Waals surface area contributed by atoms with E-state index in [9.17, 15) is 8.42 Å². The number of piperidine rings is 1. The minimum atomic E-state index is -3.35. The molecule has 9 heteroatoms. The number of benzene rings is 1. The molecule has 0 saturated carbocycles. The van der Waals surface area contributed by atoms with Gasteiger partial charge in [-0.25, -0.2) is 13.4 Å². The molecule has 3 N–H and O–H groups in total. The number of nitrogens with zero attached hydrogens (tertiary/aromatic N) is 2. The Bertz CT molecular complexity index is 938. The summed E-state index contributed by atoms with van der Waals surface area (Å²) in [6.45, 7) is 5.89. The second kappa shape index (κ2) is 11.2. The van der Waals surface area contributed by atoms with Gasteiger partial charge in [-0.3, -0.25) is 9.62 Å². The van der Waals surface area contributed by atoms with Crippen LogP contribution in [0.2, 0.25) is 0 Å². The van der Waals surface area contributed by atoms with Gasteiger partial charge in [0.15, 0.2) is 5.96 Å². The Morgan fingerprint density at radius 2 is 1.90 bits per heavy atom. The van der Waals surface area contributed by atoms with Gasteiger partial charge in [-0.15, -0.1) is 0 Å². The third kappa shape index (κ3) is 7.29. The Morgan fingerprint density at radius 1 is 1.13 bits per heavy atom. The molecular formula is C22H33N5O3S. The molecule has 0 spiro atoms. The van der Waals surface area contributed by atoms with Crippen LogP contribution in [0.25, 0.3) is 0 Å². The van der Waals surface area contributed by atoms with E-state index in [1.54, 1.807) is 18.4 Å². The van der Waals surface area contributed by atoms with E-state index in [-0.39, 0.29) is 6.04 Å². The van der Waals surface area contributed by atoms with Crippen molar-refractivity contribution in [2.45, 2.75) is 38.8 Å². The minimum absolute atomic E-state index is 0.137. The zero-order valence-corrected chi connectivity index (χ0v) is 19.1. The van der Waals surface area contributed by atoms with Gasteiger partial charge in [0.2, 0.25) is 10.0 Å². The molecule has 3 rings (SSSR count). The Morgan fingerprint density at radius 3 is 2.58 bits per heavy atom. The van der Waals surface area contributed by atoms with E-state index in [2.05, 4.69) is 25.2 Å². The maximum absolute atomic E-state index is 11.6. The highest BCUT2D eigenvalue weighted by Crippen LogP contribution is 2.24. The van der Waals surface area contributed by atoms with Crippen molar-refractivity contribution in [1.82, 2.24) is 15.5 Å². The van der Waals surface area contributed by atoms with E-state index >= 15 is 0 Å². The molecule has 1 aromatic heterocycles. The first kappa shape index (κ1) is 23.1. The maximum Gasteiger partial charge on any atom is 0.229 e. The molecule has 31 heavy (non-hydrogen) atoms. The topological polar surface area (TPSA) is 99.0 Å². The molecule has 1 aromatic carbocycles. The first-order chi connectivity index (χ1) is 15.0. The molecule has 1 unspecified atom stereocenters. The number of likely N-dealkylation sites (tertiary alicyclic amines) is 1. The number of aliphatic imine (C=N–C) groups is 1. The first-order valence-corrected chi connectivity index (χ1v) is 12.7. The van der Waals surface area contributed by atoms with Crippen LogP contribution in [0.15, 0.2) is 52.1 Å². The summed E-state index contributed by atoms with van der Waals surface area (Å²) in [5.41, 5.74) is 1.36. The van der Waals surface area contributed by atoms with Gasteiger partial charge in [-0.1, -0.05) is 24.6 Å². The van der Waals surface area contributed by atoms with Crippen molar-refractivity contribution in [3.8, 4) is 0 Å². The monoisotopic (exact) mass is 447 g/mol. The second-order valence-corrected chi connectivity index (χ2v) is 9.48. The molecule has 1 aliphatic heterocycles. The van der Waals surface area contributed by atoms with Crippen LogP contribution >= 0.6 is 0 Å². The third-order valence-corrected chi connectivity index (χ3v) is 5.82. The zero-order valence-electron chi connectivity index (χ0n) is 18.3. The molecule has 0 radical (unpaired) electrons. The molecular weight excluding hydrogens is 414 g/mol. The lowest BCUT2D eigenvalue weighted by Gasteiger charge is -2.33. The Labute approximate surface area is 185 Å². The van der Waals surface area contributed by atoms with Crippen molar-refractivity contribution in [2.75, 3.05) is 37.2 Å². The molecule has 0 bridgehead atoms. The van der Waals surface area contributed by atoms with Crippen molar-refractivity contribution in [3.05, 3.63) is 54.0 Å². The van der Waals surface area contributed by atoms with Gasteiger partial charge in [-0.05, 0) is 56.6 Å².